The fourth-order valence-electron chi connectivity index (χ4n) is 2.75. The number of aromatic nitrogens is 2. The van der Waals surface area contributed by atoms with Crippen molar-refractivity contribution in [2.75, 3.05) is 13.7 Å². The molecule has 26 heavy (non-hydrogen) atoms. The van der Waals surface area contributed by atoms with Crippen LogP contribution in [0.5, 0.6) is 5.75 Å². The Balaban J connectivity index is 1.82. The van der Waals surface area contributed by atoms with Gasteiger partial charge in [-0.2, -0.15) is 5.10 Å². The molecule has 0 saturated heterocycles. The van der Waals surface area contributed by atoms with Crippen LogP contribution in [0.25, 0.3) is 11.3 Å². The zero-order chi connectivity index (χ0) is 18.5. The summed E-state index contributed by atoms with van der Waals surface area (Å²) < 4.78 is 5.64. The Hall–Kier alpha value is -2.79. The second-order valence-corrected chi connectivity index (χ2v) is 6.30. The largest absolute Gasteiger partial charge is 0.494 e. The number of benzene rings is 2. The summed E-state index contributed by atoms with van der Waals surface area (Å²) in [5.74, 6) is 0.676. The molecular formula is C20H20ClN3O2. The van der Waals surface area contributed by atoms with E-state index >= 15 is 0 Å². The van der Waals surface area contributed by atoms with Gasteiger partial charge in [0.15, 0.2) is 0 Å². The van der Waals surface area contributed by atoms with E-state index in [1.807, 2.05) is 43.3 Å². The normalized spacial score (nSPS) is 10.6. The van der Waals surface area contributed by atoms with Crippen molar-refractivity contribution in [1.82, 2.24) is 15.1 Å². The van der Waals surface area contributed by atoms with Crippen LogP contribution in [0.2, 0.25) is 5.02 Å². The van der Waals surface area contributed by atoms with Gasteiger partial charge >= 0.3 is 0 Å². The van der Waals surface area contributed by atoms with Crippen LogP contribution in [0, 0.1) is 0 Å². The molecule has 1 aromatic heterocycles. The second kappa shape index (κ2) is 8.06. The Kier molecular flexibility index (Phi) is 5.58. The highest BCUT2D eigenvalue weighted by molar-refractivity contribution is 6.30. The highest BCUT2D eigenvalue weighted by Gasteiger charge is 2.20. The van der Waals surface area contributed by atoms with Gasteiger partial charge in [-0.15, -0.1) is 0 Å². The molecule has 0 atom stereocenters. The lowest BCUT2D eigenvalue weighted by molar-refractivity contribution is 0.0785. The monoisotopic (exact) mass is 369 g/mol. The smallest absolute Gasteiger partial charge is 0.257 e. The maximum atomic E-state index is 12.9. The number of ether oxygens (including phenoxy) is 1. The number of halogens is 1. The maximum absolute atomic E-state index is 12.9. The SMILES string of the molecule is CCOc1ccccc1CN(C)C(=O)c1cn[nH]c1-c1ccc(Cl)cc1. The summed E-state index contributed by atoms with van der Waals surface area (Å²) in [5, 5.41) is 7.60. The molecule has 0 fully saturated rings. The average molecular weight is 370 g/mol. The number of aromatic amines is 1. The van der Waals surface area contributed by atoms with Crippen LogP contribution >= 0.6 is 11.6 Å². The van der Waals surface area contributed by atoms with Gasteiger partial charge in [0.2, 0.25) is 0 Å². The fraction of sp³-hybridized carbons (Fsp3) is 0.200. The minimum absolute atomic E-state index is 0.116. The van der Waals surface area contributed by atoms with Crippen molar-refractivity contribution in [3.8, 4) is 17.0 Å². The van der Waals surface area contributed by atoms with E-state index in [4.69, 9.17) is 16.3 Å². The standard InChI is InChI=1S/C20H20ClN3O2/c1-3-26-18-7-5-4-6-15(18)13-24(2)20(25)17-12-22-23-19(17)14-8-10-16(21)11-9-14/h4-12H,3,13H2,1-2H3,(H,22,23). The number of hydrogen-bond donors (Lipinski definition) is 1. The summed E-state index contributed by atoms with van der Waals surface area (Å²) in [7, 11) is 1.77. The molecule has 0 radical (unpaired) electrons. The van der Waals surface area contributed by atoms with Gasteiger partial charge in [-0.1, -0.05) is 41.9 Å². The molecule has 1 heterocycles. The van der Waals surface area contributed by atoms with Crippen LogP contribution in [0.3, 0.4) is 0 Å². The zero-order valence-corrected chi connectivity index (χ0v) is 15.5. The van der Waals surface area contributed by atoms with Crippen molar-refractivity contribution < 1.29 is 9.53 Å². The van der Waals surface area contributed by atoms with E-state index in [2.05, 4.69) is 10.2 Å². The van der Waals surface area contributed by atoms with Gasteiger partial charge in [0.25, 0.3) is 5.91 Å². The number of hydrogen-bond acceptors (Lipinski definition) is 3. The number of nitrogens with one attached hydrogen (secondary N) is 1. The first-order valence-electron chi connectivity index (χ1n) is 8.35. The first-order chi connectivity index (χ1) is 12.6. The van der Waals surface area contributed by atoms with Crippen molar-refractivity contribution in [2.24, 2.45) is 0 Å². The van der Waals surface area contributed by atoms with Crippen LogP contribution in [0.1, 0.15) is 22.8 Å². The molecule has 0 aliphatic carbocycles. The lowest BCUT2D eigenvalue weighted by Crippen LogP contribution is -2.26. The Labute approximate surface area is 157 Å². The molecule has 3 aromatic rings. The number of amides is 1. The molecule has 1 N–H and O–H groups in total. The zero-order valence-electron chi connectivity index (χ0n) is 14.7. The van der Waals surface area contributed by atoms with Gasteiger partial charge in [0, 0.05) is 29.7 Å². The third-order valence-electron chi connectivity index (χ3n) is 4.03. The number of para-hydroxylation sites is 1. The Morgan fingerprint density at radius 2 is 1.92 bits per heavy atom. The summed E-state index contributed by atoms with van der Waals surface area (Å²) in [6.45, 7) is 2.97. The van der Waals surface area contributed by atoms with E-state index in [1.165, 1.54) is 0 Å². The van der Waals surface area contributed by atoms with E-state index < -0.39 is 0 Å². The molecule has 1 amide bonds. The number of carbonyl (C=O) groups is 1. The van der Waals surface area contributed by atoms with Gasteiger partial charge in [-0.3, -0.25) is 9.89 Å². The molecule has 0 bridgehead atoms. The summed E-state index contributed by atoms with van der Waals surface area (Å²) in [6.07, 6.45) is 1.55. The Morgan fingerprint density at radius 3 is 2.65 bits per heavy atom. The number of H-pyrrole nitrogens is 1. The van der Waals surface area contributed by atoms with E-state index in [9.17, 15) is 4.79 Å². The molecule has 0 saturated carbocycles. The molecule has 2 aromatic carbocycles. The Morgan fingerprint density at radius 1 is 1.19 bits per heavy atom. The molecule has 6 heteroatoms. The summed E-state index contributed by atoms with van der Waals surface area (Å²) >= 11 is 5.94. The molecule has 0 aliphatic rings. The van der Waals surface area contributed by atoms with E-state index in [1.54, 1.807) is 30.3 Å². The lowest BCUT2D eigenvalue weighted by atomic mass is 10.1. The van der Waals surface area contributed by atoms with Crippen LogP contribution < -0.4 is 4.74 Å². The van der Waals surface area contributed by atoms with Crippen LogP contribution in [-0.2, 0) is 6.54 Å². The van der Waals surface area contributed by atoms with Gasteiger partial charge in [0.05, 0.1) is 24.1 Å². The molecule has 0 unspecified atom stereocenters. The molecule has 0 aliphatic heterocycles. The van der Waals surface area contributed by atoms with Crippen molar-refractivity contribution in [1.29, 1.82) is 0 Å². The first-order valence-corrected chi connectivity index (χ1v) is 8.73. The van der Waals surface area contributed by atoms with Gasteiger partial charge in [-0.25, -0.2) is 0 Å². The molecular weight excluding hydrogens is 350 g/mol. The molecule has 3 rings (SSSR count). The fourth-order valence-corrected chi connectivity index (χ4v) is 2.87. The highest BCUT2D eigenvalue weighted by Crippen LogP contribution is 2.25. The average Bonchev–Trinajstić information content (AvgIpc) is 3.13. The number of rotatable bonds is 6. The van der Waals surface area contributed by atoms with Crippen LogP contribution in [-0.4, -0.2) is 34.7 Å². The van der Waals surface area contributed by atoms with Crippen LogP contribution in [0.15, 0.2) is 54.7 Å². The predicted octanol–water partition coefficient (Wildman–Crippen LogP) is 4.40. The van der Waals surface area contributed by atoms with Crippen molar-refractivity contribution in [2.45, 2.75) is 13.5 Å². The van der Waals surface area contributed by atoms with Gasteiger partial charge in [-0.05, 0) is 25.1 Å². The van der Waals surface area contributed by atoms with Gasteiger partial charge in [0.1, 0.15) is 5.75 Å². The maximum Gasteiger partial charge on any atom is 0.257 e. The summed E-state index contributed by atoms with van der Waals surface area (Å²) in [5.41, 5.74) is 3.01. The third-order valence-corrected chi connectivity index (χ3v) is 4.28. The van der Waals surface area contributed by atoms with Crippen molar-refractivity contribution in [3.05, 3.63) is 70.9 Å². The molecule has 0 spiro atoms. The molecule has 5 nitrogen and oxygen atoms in total. The number of carbonyl (C=O) groups excluding carboxylic acids is 1. The van der Waals surface area contributed by atoms with Crippen molar-refractivity contribution in [3.63, 3.8) is 0 Å². The van der Waals surface area contributed by atoms with Crippen molar-refractivity contribution >= 4 is 17.5 Å². The second-order valence-electron chi connectivity index (χ2n) is 5.87. The van der Waals surface area contributed by atoms with Gasteiger partial charge < -0.3 is 9.64 Å². The lowest BCUT2D eigenvalue weighted by Gasteiger charge is -2.19. The Bertz CT molecular complexity index is 890. The predicted molar refractivity (Wildman–Crippen MR) is 102 cm³/mol. The summed E-state index contributed by atoms with van der Waals surface area (Å²) in [6, 6.07) is 15.0. The minimum Gasteiger partial charge on any atom is -0.494 e. The highest BCUT2D eigenvalue weighted by atomic mass is 35.5. The quantitative estimate of drug-likeness (QED) is 0.700. The van der Waals surface area contributed by atoms with Crippen LogP contribution in [0.4, 0.5) is 0 Å². The number of nitrogens with zero attached hydrogens (tertiary/aromatic N) is 2. The minimum atomic E-state index is -0.116. The van der Waals surface area contributed by atoms with E-state index in [0.29, 0.717) is 29.4 Å². The first kappa shape index (κ1) is 18.0. The van der Waals surface area contributed by atoms with E-state index in [-0.39, 0.29) is 5.91 Å². The summed E-state index contributed by atoms with van der Waals surface area (Å²) in [4.78, 5) is 14.6. The topological polar surface area (TPSA) is 58.2 Å². The molecule has 134 valence electrons. The third kappa shape index (κ3) is 3.89. The van der Waals surface area contributed by atoms with E-state index in [0.717, 1.165) is 16.9 Å².